The van der Waals surface area contributed by atoms with Gasteiger partial charge in [-0.15, -0.1) is 0 Å². The molecule has 0 amide bonds. The number of nitrogens with zero attached hydrogens (tertiary/aromatic N) is 5. The SMILES string of the molecule is N#CC[C@H]1CC[C@H](Nc2nc(-c3cnn4ccccc34)nc(Cl)c2F)CC1. The second kappa shape index (κ2) is 7.49. The van der Waals surface area contributed by atoms with Gasteiger partial charge < -0.3 is 5.32 Å². The topological polar surface area (TPSA) is 78.9 Å². The Labute approximate surface area is 161 Å². The molecule has 6 nitrogen and oxygen atoms in total. The Bertz CT molecular complexity index is 1000. The van der Waals surface area contributed by atoms with E-state index in [2.05, 4.69) is 26.5 Å². The summed E-state index contributed by atoms with van der Waals surface area (Å²) in [4.78, 5) is 8.49. The van der Waals surface area contributed by atoms with E-state index >= 15 is 0 Å². The molecule has 0 saturated heterocycles. The molecule has 0 aromatic carbocycles. The van der Waals surface area contributed by atoms with Gasteiger partial charge in [0.2, 0.25) is 5.82 Å². The third-order valence-electron chi connectivity index (χ3n) is 5.05. The smallest absolute Gasteiger partial charge is 0.202 e. The van der Waals surface area contributed by atoms with Gasteiger partial charge in [-0.1, -0.05) is 17.7 Å². The largest absolute Gasteiger partial charge is 0.365 e. The van der Waals surface area contributed by atoms with Crippen molar-refractivity contribution in [2.45, 2.75) is 38.1 Å². The van der Waals surface area contributed by atoms with Gasteiger partial charge in [0.15, 0.2) is 16.8 Å². The molecule has 3 aromatic rings. The number of hydrogen-bond donors (Lipinski definition) is 1. The number of fused-ring (bicyclic) bond motifs is 1. The summed E-state index contributed by atoms with van der Waals surface area (Å²) < 4.78 is 16.2. The highest BCUT2D eigenvalue weighted by molar-refractivity contribution is 6.29. The Hall–Kier alpha value is -2.72. The molecule has 0 spiro atoms. The van der Waals surface area contributed by atoms with Crippen LogP contribution in [0.5, 0.6) is 0 Å². The molecule has 4 rings (SSSR count). The van der Waals surface area contributed by atoms with Crippen LogP contribution in [0.25, 0.3) is 16.9 Å². The van der Waals surface area contributed by atoms with Crippen LogP contribution >= 0.6 is 11.6 Å². The first-order valence-electron chi connectivity index (χ1n) is 8.95. The van der Waals surface area contributed by atoms with E-state index < -0.39 is 5.82 Å². The second-order valence-electron chi connectivity index (χ2n) is 6.81. The molecular formula is C19H18ClFN6. The third kappa shape index (κ3) is 3.58. The standard InChI is InChI=1S/C19H18ClFN6/c20-17-16(21)19(24-13-6-4-12(5-7-13)8-9-22)26-18(25-17)14-11-23-27-10-2-1-3-15(14)27/h1-3,10-13H,4-8H2,(H,24,25,26)/t12-,13-. The fourth-order valence-corrected chi connectivity index (χ4v) is 3.75. The lowest BCUT2D eigenvalue weighted by Crippen LogP contribution is -2.27. The highest BCUT2D eigenvalue weighted by Crippen LogP contribution is 2.31. The van der Waals surface area contributed by atoms with Crippen molar-refractivity contribution < 1.29 is 4.39 Å². The van der Waals surface area contributed by atoms with Gasteiger partial charge in [-0.05, 0) is 43.7 Å². The first kappa shape index (κ1) is 17.7. The van der Waals surface area contributed by atoms with Gasteiger partial charge in [0.1, 0.15) is 0 Å². The maximum atomic E-state index is 14.5. The van der Waals surface area contributed by atoms with Crippen molar-refractivity contribution >= 4 is 22.9 Å². The number of anilines is 1. The Kier molecular flexibility index (Phi) is 4.90. The summed E-state index contributed by atoms with van der Waals surface area (Å²) in [6.45, 7) is 0. The van der Waals surface area contributed by atoms with Crippen molar-refractivity contribution in [3.63, 3.8) is 0 Å². The number of aromatic nitrogens is 4. The van der Waals surface area contributed by atoms with E-state index in [0.717, 1.165) is 31.2 Å². The molecule has 0 atom stereocenters. The Morgan fingerprint density at radius 2 is 2.07 bits per heavy atom. The van der Waals surface area contributed by atoms with E-state index in [9.17, 15) is 4.39 Å². The Morgan fingerprint density at radius 1 is 1.26 bits per heavy atom. The van der Waals surface area contributed by atoms with Crippen molar-refractivity contribution in [1.82, 2.24) is 19.6 Å². The van der Waals surface area contributed by atoms with Crippen LogP contribution in [0, 0.1) is 23.1 Å². The number of rotatable bonds is 4. The third-order valence-corrected chi connectivity index (χ3v) is 5.30. The molecule has 138 valence electrons. The molecule has 1 fully saturated rings. The fourth-order valence-electron chi connectivity index (χ4n) is 3.58. The zero-order valence-electron chi connectivity index (χ0n) is 14.6. The van der Waals surface area contributed by atoms with Crippen LogP contribution in [-0.4, -0.2) is 25.6 Å². The van der Waals surface area contributed by atoms with Crippen LogP contribution in [0.15, 0.2) is 30.6 Å². The van der Waals surface area contributed by atoms with Crippen molar-refractivity contribution in [1.29, 1.82) is 5.26 Å². The van der Waals surface area contributed by atoms with Crippen molar-refractivity contribution in [3.8, 4) is 17.5 Å². The zero-order valence-corrected chi connectivity index (χ0v) is 15.3. The van der Waals surface area contributed by atoms with Gasteiger partial charge >= 0.3 is 0 Å². The first-order chi connectivity index (χ1) is 13.2. The Balaban J connectivity index is 1.60. The summed E-state index contributed by atoms with van der Waals surface area (Å²) in [5.41, 5.74) is 1.52. The maximum absolute atomic E-state index is 14.5. The molecule has 1 N–H and O–H groups in total. The molecule has 0 unspecified atom stereocenters. The van der Waals surface area contributed by atoms with Crippen LogP contribution in [0.2, 0.25) is 5.15 Å². The highest BCUT2D eigenvalue weighted by Gasteiger charge is 2.24. The van der Waals surface area contributed by atoms with Crippen molar-refractivity contribution in [3.05, 3.63) is 41.6 Å². The van der Waals surface area contributed by atoms with Crippen LogP contribution in [0.3, 0.4) is 0 Å². The lowest BCUT2D eigenvalue weighted by atomic mass is 9.84. The van der Waals surface area contributed by atoms with Crippen LogP contribution < -0.4 is 5.32 Å². The molecule has 1 aliphatic rings. The molecule has 3 heterocycles. The van der Waals surface area contributed by atoms with Gasteiger partial charge in [-0.2, -0.15) is 14.8 Å². The molecule has 8 heteroatoms. The van der Waals surface area contributed by atoms with Gasteiger partial charge in [0.05, 0.1) is 23.3 Å². The number of hydrogen-bond acceptors (Lipinski definition) is 5. The fraction of sp³-hybridized carbons (Fsp3) is 0.368. The van der Waals surface area contributed by atoms with Gasteiger partial charge in [0, 0.05) is 18.7 Å². The summed E-state index contributed by atoms with van der Waals surface area (Å²) in [5.74, 6) is 0.240. The average molecular weight is 385 g/mol. The van der Waals surface area contributed by atoms with Crippen LogP contribution in [-0.2, 0) is 0 Å². The summed E-state index contributed by atoms with van der Waals surface area (Å²) in [5, 5.41) is 16.1. The minimum atomic E-state index is -0.643. The summed E-state index contributed by atoms with van der Waals surface area (Å²) >= 11 is 6.04. The molecule has 1 saturated carbocycles. The first-order valence-corrected chi connectivity index (χ1v) is 9.32. The lowest BCUT2D eigenvalue weighted by molar-refractivity contribution is 0.341. The second-order valence-corrected chi connectivity index (χ2v) is 7.17. The molecule has 27 heavy (non-hydrogen) atoms. The maximum Gasteiger partial charge on any atom is 0.202 e. The molecule has 0 radical (unpaired) electrons. The highest BCUT2D eigenvalue weighted by atomic mass is 35.5. The molecule has 3 aromatic heterocycles. The molecule has 0 aliphatic heterocycles. The van der Waals surface area contributed by atoms with Crippen molar-refractivity contribution in [2.75, 3.05) is 5.32 Å². The van der Waals surface area contributed by atoms with E-state index in [1.807, 2.05) is 24.4 Å². The van der Waals surface area contributed by atoms with E-state index in [0.29, 0.717) is 23.7 Å². The predicted molar refractivity (Wildman–Crippen MR) is 101 cm³/mol. The zero-order chi connectivity index (χ0) is 18.8. The normalized spacial score (nSPS) is 19.7. The summed E-state index contributed by atoms with van der Waals surface area (Å²) in [7, 11) is 0. The van der Waals surface area contributed by atoms with Gasteiger partial charge in [-0.25, -0.2) is 14.5 Å². The predicted octanol–water partition coefficient (Wildman–Crippen LogP) is 4.47. The molecule has 1 aliphatic carbocycles. The van der Waals surface area contributed by atoms with E-state index in [-0.39, 0.29) is 17.0 Å². The molecule has 0 bridgehead atoms. The van der Waals surface area contributed by atoms with Gasteiger partial charge in [-0.3, -0.25) is 0 Å². The van der Waals surface area contributed by atoms with E-state index in [1.165, 1.54) is 0 Å². The number of nitrogens with one attached hydrogen (secondary N) is 1. The van der Waals surface area contributed by atoms with Crippen LogP contribution in [0.1, 0.15) is 32.1 Å². The lowest BCUT2D eigenvalue weighted by Gasteiger charge is -2.28. The number of halogens is 2. The quantitative estimate of drug-likeness (QED) is 0.671. The minimum absolute atomic E-state index is 0.108. The van der Waals surface area contributed by atoms with Crippen LogP contribution in [0.4, 0.5) is 10.2 Å². The monoisotopic (exact) mass is 384 g/mol. The molecular weight excluding hydrogens is 367 g/mol. The average Bonchev–Trinajstić information content (AvgIpc) is 3.11. The summed E-state index contributed by atoms with van der Waals surface area (Å²) in [6.07, 6.45) is 7.70. The van der Waals surface area contributed by atoms with E-state index in [1.54, 1.807) is 10.7 Å². The number of nitriles is 1. The minimum Gasteiger partial charge on any atom is -0.365 e. The number of pyridine rings is 1. The van der Waals surface area contributed by atoms with Gasteiger partial charge in [0.25, 0.3) is 0 Å². The van der Waals surface area contributed by atoms with Crippen molar-refractivity contribution in [2.24, 2.45) is 5.92 Å². The summed E-state index contributed by atoms with van der Waals surface area (Å²) in [6, 6.07) is 8.00. The van der Waals surface area contributed by atoms with E-state index in [4.69, 9.17) is 16.9 Å². The Morgan fingerprint density at radius 3 is 2.85 bits per heavy atom.